The lowest BCUT2D eigenvalue weighted by molar-refractivity contribution is -0.159. The number of aliphatic carboxylic acids is 1. The summed E-state index contributed by atoms with van der Waals surface area (Å²) in [6.45, 7) is 8.69. The number of rotatable bonds is 2. The van der Waals surface area contributed by atoms with E-state index in [9.17, 15) is 9.90 Å². The van der Waals surface area contributed by atoms with Crippen LogP contribution in [0.1, 0.15) is 40.5 Å². The molecule has 0 amide bonds. The first-order valence-corrected chi connectivity index (χ1v) is 5.65. The van der Waals surface area contributed by atoms with Gasteiger partial charge < -0.3 is 10.8 Å². The van der Waals surface area contributed by atoms with Crippen LogP contribution in [0.15, 0.2) is 0 Å². The van der Waals surface area contributed by atoms with Gasteiger partial charge in [0, 0.05) is 6.04 Å². The molecule has 0 radical (unpaired) electrons. The van der Waals surface area contributed by atoms with Crippen molar-refractivity contribution in [2.24, 2.45) is 27.9 Å². The molecule has 0 aromatic carbocycles. The van der Waals surface area contributed by atoms with Crippen molar-refractivity contribution in [2.45, 2.75) is 46.6 Å². The molecule has 15 heavy (non-hydrogen) atoms. The van der Waals surface area contributed by atoms with Crippen LogP contribution < -0.4 is 5.73 Å². The fourth-order valence-corrected chi connectivity index (χ4v) is 3.99. The van der Waals surface area contributed by atoms with E-state index in [0.717, 1.165) is 0 Å². The molecule has 0 atom stereocenters. The van der Waals surface area contributed by atoms with Crippen molar-refractivity contribution in [3.05, 3.63) is 0 Å². The van der Waals surface area contributed by atoms with Crippen molar-refractivity contribution in [1.29, 1.82) is 0 Å². The van der Waals surface area contributed by atoms with Gasteiger partial charge in [0.05, 0.1) is 5.41 Å². The molecule has 0 aromatic rings. The summed E-state index contributed by atoms with van der Waals surface area (Å²) in [5.74, 6) is -0.373. The molecule has 0 saturated heterocycles. The van der Waals surface area contributed by atoms with Crippen LogP contribution in [0.4, 0.5) is 0 Å². The molecule has 0 heterocycles. The van der Waals surface area contributed by atoms with E-state index in [-0.39, 0.29) is 22.8 Å². The van der Waals surface area contributed by atoms with Gasteiger partial charge in [0.1, 0.15) is 0 Å². The summed E-state index contributed by atoms with van der Waals surface area (Å²) in [4.78, 5) is 11.5. The lowest BCUT2D eigenvalue weighted by atomic mass is 9.60. The van der Waals surface area contributed by atoms with E-state index < -0.39 is 11.4 Å². The standard InChI is InChI=1S/C12H21NO2/c1-10(2)8(11(10,3)4)12(9(14)15)5-7(13)6-12/h7-8H,5-6,13H2,1-4H3,(H,14,15). The fraction of sp³-hybridized carbons (Fsp3) is 0.917. The Morgan fingerprint density at radius 3 is 1.80 bits per heavy atom. The van der Waals surface area contributed by atoms with Gasteiger partial charge >= 0.3 is 5.97 Å². The van der Waals surface area contributed by atoms with Crippen LogP contribution >= 0.6 is 0 Å². The van der Waals surface area contributed by atoms with E-state index in [1.165, 1.54) is 0 Å². The lowest BCUT2D eigenvalue weighted by Crippen LogP contribution is -2.53. The molecule has 3 heteroatoms. The monoisotopic (exact) mass is 211 g/mol. The zero-order chi connectivity index (χ0) is 11.6. The summed E-state index contributed by atoms with van der Waals surface area (Å²) in [7, 11) is 0. The van der Waals surface area contributed by atoms with E-state index in [4.69, 9.17) is 5.73 Å². The molecular weight excluding hydrogens is 190 g/mol. The third kappa shape index (κ3) is 1.07. The van der Waals surface area contributed by atoms with Gasteiger partial charge in [0.25, 0.3) is 0 Å². The van der Waals surface area contributed by atoms with Gasteiger partial charge in [-0.3, -0.25) is 4.79 Å². The summed E-state index contributed by atoms with van der Waals surface area (Å²) in [6, 6.07) is 0.0910. The zero-order valence-corrected chi connectivity index (χ0v) is 10.0. The predicted octanol–water partition coefficient (Wildman–Crippen LogP) is 1.86. The average Bonchev–Trinajstić information content (AvgIpc) is 2.37. The molecule has 0 spiro atoms. The van der Waals surface area contributed by atoms with Crippen molar-refractivity contribution in [1.82, 2.24) is 0 Å². The van der Waals surface area contributed by atoms with Crippen LogP contribution in [-0.4, -0.2) is 17.1 Å². The minimum atomic E-state index is -0.646. The SMILES string of the molecule is CC1(C)C(C2(C(=O)O)CC(N)C2)C1(C)C. The van der Waals surface area contributed by atoms with Crippen LogP contribution in [0.5, 0.6) is 0 Å². The van der Waals surface area contributed by atoms with Gasteiger partial charge in [-0.2, -0.15) is 0 Å². The Hall–Kier alpha value is -0.570. The van der Waals surface area contributed by atoms with Gasteiger partial charge in [-0.25, -0.2) is 0 Å². The second-order valence-corrected chi connectivity index (χ2v) is 6.51. The maximum absolute atomic E-state index is 11.5. The highest BCUT2D eigenvalue weighted by Gasteiger charge is 2.76. The Labute approximate surface area is 91.0 Å². The minimum Gasteiger partial charge on any atom is -0.481 e. The molecule has 0 aliphatic heterocycles. The number of hydrogen-bond donors (Lipinski definition) is 2. The molecule has 2 rings (SSSR count). The normalized spacial score (nSPS) is 42.1. The van der Waals surface area contributed by atoms with E-state index >= 15 is 0 Å². The average molecular weight is 211 g/mol. The van der Waals surface area contributed by atoms with Gasteiger partial charge in [-0.15, -0.1) is 0 Å². The van der Waals surface area contributed by atoms with Gasteiger partial charge in [0.15, 0.2) is 0 Å². The molecule has 2 fully saturated rings. The molecule has 3 nitrogen and oxygen atoms in total. The van der Waals surface area contributed by atoms with E-state index in [2.05, 4.69) is 27.7 Å². The topological polar surface area (TPSA) is 63.3 Å². The summed E-state index contributed by atoms with van der Waals surface area (Å²) in [5, 5.41) is 9.42. The summed E-state index contributed by atoms with van der Waals surface area (Å²) in [6.07, 6.45) is 1.31. The molecule has 0 aromatic heterocycles. The van der Waals surface area contributed by atoms with Gasteiger partial charge in [-0.1, -0.05) is 27.7 Å². The van der Waals surface area contributed by atoms with Crippen molar-refractivity contribution in [3.63, 3.8) is 0 Å². The Morgan fingerprint density at radius 1 is 1.20 bits per heavy atom. The molecule has 2 aliphatic rings. The maximum atomic E-state index is 11.5. The molecule has 2 aliphatic carbocycles. The van der Waals surface area contributed by atoms with Crippen LogP contribution in [0, 0.1) is 22.2 Å². The minimum absolute atomic E-state index is 0.0910. The number of carbonyl (C=O) groups is 1. The Balaban J connectivity index is 2.28. The highest BCUT2D eigenvalue weighted by Crippen LogP contribution is 2.77. The first-order valence-electron chi connectivity index (χ1n) is 5.65. The largest absolute Gasteiger partial charge is 0.481 e. The second kappa shape index (κ2) is 2.57. The van der Waals surface area contributed by atoms with Gasteiger partial charge in [0.2, 0.25) is 0 Å². The Bertz CT molecular complexity index is 300. The number of hydrogen-bond acceptors (Lipinski definition) is 2. The van der Waals surface area contributed by atoms with E-state index in [1.54, 1.807) is 0 Å². The third-order valence-electron chi connectivity index (χ3n) is 5.25. The van der Waals surface area contributed by atoms with Crippen molar-refractivity contribution >= 4 is 5.97 Å². The third-order valence-corrected chi connectivity index (χ3v) is 5.25. The molecule has 0 bridgehead atoms. The quantitative estimate of drug-likeness (QED) is 0.732. The first kappa shape index (κ1) is 10.9. The number of carboxylic acids is 1. The number of carboxylic acid groups (broad SMARTS) is 1. The highest BCUT2D eigenvalue weighted by atomic mass is 16.4. The highest BCUT2D eigenvalue weighted by molar-refractivity contribution is 5.78. The molecule has 86 valence electrons. The van der Waals surface area contributed by atoms with Gasteiger partial charge in [-0.05, 0) is 29.6 Å². The second-order valence-electron chi connectivity index (χ2n) is 6.51. The maximum Gasteiger partial charge on any atom is 0.310 e. The van der Waals surface area contributed by atoms with Crippen LogP contribution in [0.2, 0.25) is 0 Å². The number of nitrogens with two attached hydrogens (primary N) is 1. The van der Waals surface area contributed by atoms with Crippen LogP contribution in [-0.2, 0) is 4.79 Å². The van der Waals surface area contributed by atoms with E-state index in [0.29, 0.717) is 12.8 Å². The van der Waals surface area contributed by atoms with Crippen LogP contribution in [0.3, 0.4) is 0 Å². The van der Waals surface area contributed by atoms with Crippen molar-refractivity contribution in [3.8, 4) is 0 Å². The molecule has 0 unspecified atom stereocenters. The lowest BCUT2D eigenvalue weighted by Gasteiger charge is -2.44. The summed E-state index contributed by atoms with van der Waals surface area (Å²) < 4.78 is 0. The van der Waals surface area contributed by atoms with Crippen molar-refractivity contribution in [2.75, 3.05) is 0 Å². The van der Waals surface area contributed by atoms with Crippen LogP contribution in [0.25, 0.3) is 0 Å². The summed E-state index contributed by atoms with van der Waals surface area (Å²) >= 11 is 0. The smallest absolute Gasteiger partial charge is 0.310 e. The van der Waals surface area contributed by atoms with E-state index in [1.807, 2.05) is 0 Å². The Morgan fingerprint density at radius 2 is 1.60 bits per heavy atom. The Kier molecular flexibility index (Phi) is 1.87. The summed E-state index contributed by atoms with van der Waals surface area (Å²) in [5.41, 5.74) is 5.50. The zero-order valence-electron chi connectivity index (χ0n) is 10.0. The van der Waals surface area contributed by atoms with Crippen molar-refractivity contribution < 1.29 is 9.90 Å². The molecular formula is C12H21NO2. The predicted molar refractivity (Wildman–Crippen MR) is 58.3 cm³/mol. The molecule has 2 saturated carbocycles. The first-order chi connectivity index (χ1) is 6.66. The molecule has 3 N–H and O–H groups in total. The fourth-order valence-electron chi connectivity index (χ4n) is 3.99.